The SMILES string of the molecule is CCC1(CCC2CCCO2)CCCCN1. The Bertz CT molecular complexity index is 181. The van der Waals surface area contributed by atoms with Crippen molar-refractivity contribution in [3.8, 4) is 0 Å². The van der Waals surface area contributed by atoms with E-state index in [4.69, 9.17) is 4.74 Å². The number of ether oxygens (including phenoxy) is 1. The van der Waals surface area contributed by atoms with Gasteiger partial charge in [0.25, 0.3) is 0 Å². The molecule has 2 fully saturated rings. The third-order valence-corrected chi connectivity index (χ3v) is 4.23. The lowest BCUT2D eigenvalue weighted by atomic mass is 9.81. The van der Waals surface area contributed by atoms with Crippen molar-refractivity contribution in [3.05, 3.63) is 0 Å². The van der Waals surface area contributed by atoms with Crippen LogP contribution in [0.3, 0.4) is 0 Å². The van der Waals surface area contributed by atoms with Crippen LogP contribution in [0.2, 0.25) is 0 Å². The fraction of sp³-hybridized carbons (Fsp3) is 1.00. The molecule has 0 spiro atoms. The fourth-order valence-corrected chi connectivity index (χ4v) is 3.03. The van der Waals surface area contributed by atoms with Crippen molar-refractivity contribution >= 4 is 0 Å². The Hall–Kier alpha value is -0.0800. The van der Waals surface area contributed by atoms with Gasteiger partial charge in [0.1, 0.15) is 0 Å². The highest BCUT2D eigenvalue weighted by Gasteiger charge is 2.30. The highest BCUT2D eigenvalue weighted by Crippen LogP contribution is 2.30. The van der Waals surface area contributed by atoms with Crippen LogP contribution < -0.4 is 5.32 Å². The van der Waals surface area contributed by atoms with E-state index in [9.17, 15) is 0 Å². The molecule has 0 bridgehead atoms. The first-order valence-corrected chi connectivity index (χ1v) is 6.71. The molecule has 88 valence electrons. The van der Waals surface area contributed by atoms with Gasteiger partial charge in [0.2, 0.25) is 0 Å². The zero-order valence-corrected chi connectivity index (χ0v) is 10.1. The van der Waals surface area contributed by atoms with Crippen molar-refractivity contribution in [2.75, 3.05) is 13.2 Å². The summed E-state index contributed by atoms with van der Waals surface area (Å²) in [6, 6.07) is 0. The molecule has 2 aliphatic heterocycles. The maximum Gasteiger partial charge on any atom is 0.0576 e. The average Bonchev–Trinajstić information content (AvgIpc) is 2.81. The van der Waals surface area contributed by atoms with E-state index < -0.39 is 0 Å². The minimum atomic E-state index is 0.449. The molecule has 0 radical (unpaired) electrons. The molecule has 0 aliphatic carbocycles. The predicted molar refractivity (Wildman–Crippen MR) is 63.1 cm³/mol. The summed E-state index contributed by atoms with van der Waals surface area (Å²) in [4.78, 5) is 0. The van der Waals surface area contributed by atoms with Gasteiger partial charge in [-0.05, 0) is 51.5 Å². The maximum atomic E-state index is 5.71. The standard InChI is InChI=1S/C13H25NO/c1-2-13(8-3-4-10-14-13)9-7-12-6-5-11-15-12/h12,14H,2-11H2,1H3. The summed E-state index contributed by atoms with van der Waals surface area (Å²) >= 11 is 0. The van der Waals surface area contributed by atoms with E-state index in [0.717, 1.165) is 6.61 Å². The molecule has 2 nitrogen and oxygen atoms in total. The van der Waals surface area contributed by atoms with Crippen molar-refractivity contribution in [1.82, 2.24) is 5.32 Å². The van der Waals surface area contributed by atoms with Crippen LogP contribution in [-0.2, 0) is 4.74 Å². The van der Waals surface area contributed by atoms with E-state index in [2.05, 4.69) is 12.2 Å². The maximum absolute atomic E-state index is 5.71. The zero-order chi connectivity index (χ0) is 10.6. The second-order valence-electron chi connectivity index (χ2n) is 5.19. The van der Waals surface area contributed by atoms with Gasteiger partial charge in [-0.2, -0.15) is 0 Å². The van der Waals surface area contributed by atoms with Crippen LogP contribution in [0.15, 0.2) is 0 Å². The van der Waals surface area contributed by atoms with E-state index in [1.165, 1.54) is 57.9 Å². The van der Waals surface area contributed by atoms with Crippen LogP contribution in [0, 0.1) is 0 Å². The smallest absolute Gasteiger partial charge is 0.0576 e. The van der Waals surface area contributed by atoms with Gasteiger partial charge in [-0.25, -0.2) is 0 Å². The Morgan fingerprint density at radius 3 is 2.87 bits per heavy atom. The number of piperidine rings is 1. The summed E-state index contributed by atoms with van der Waals surface area (Å²) in [6.45, 7) is 4.55. The van der Waals surface area contributed by atoms with Gasteiger partial charge in [0.05, 0.1) is 6.10 Å². The molecule has 2 rings (SSSR count). The molecule has 2 heteroatoms. The van der Waals surface area contributed by atoms with Crippen LogP contribution in [0.5, 0.6) is 0 Å². The second kappa shape index (κ2) is 5.31. The van der Waals surface area contributed by atoms with Crippen molar-refractivity contribution in [3.63, 3.8) is 0 Å². The topological polar surface area (TPSA) is 21.3 Å². The quantitative estimate of drug-likeness (QED) is 0.772. The molecule has 2 saturated heterocycles. The van der Waals surface area contributed by atoms with E-state index in [0.29, 0.717) is 11.6 Å². The number of nitrogens with one attached hydrogen (secondary N) is 1. The summed E-state index contributed by atoms with van der Waals surface area (Å²) in [7, 11) is 0. The number of rotatable bonds is 4. The molecule has 0 aromatic carbocycles. The first-order chi connectivity index (χ1) is 7.35. The second-order valence-corrected chi connectivity index (χ2v) is 5.19. The molecule has 2 atom stereocenters. The van der Waals surface area contributed by atoms with Crippen molar-refractivity contribution in [2.45, 2.75) is 69.9 Å². The molecule has 2 aliphatic rings. The molecular formula is C13H25NO. The summed E-state index contributed by atoms with van der Waals surface area (Å²) < 4.78 is 5.71. The van der Waals surface area contributed by atoms with Crippen molar-refractivity contribution in [2.24, 2.45) is 0 Å². The first-order valence-electron chi connectivity index (χ1n) is 6.71. The van der Waals surface area contributed by atoms with Crippen LogP contribution in [0.1, 0.15) is 58.3 Å². The van der Waals surface area contributed by atoms with E-state index in [1.54, 1.807) is 0 Å². The van der Waals surface area contributed by atoms with Gasteiger partial charge >= 0.3 is 0 Å². The zero-order valence-electron chi connectivity index (χ0n) is 10.1. The van der Waals surface area contributed by atoms with E-state index >= 15 is 0 Å². The third-order valence-electron chi connectivity index (χ3n) is 4.23. The molecule has 1 N–H and O–H groups in total. The molecule has 15 heavy (non-hydrogen) atoms. The van der Waals surface area contributed by atoms with Gasteiger partial charge < -0.3 is 10.1 Å². The van der Waals surface area contributed by atoms with Crippen molar-refractivity contribution in [1.29, 1.82) is 0 Å². The summed E-state index contributed by atoms with van der Waals surface area (Å²) in [6.07, 6.45) is 11.1. The van der Waals surface area contributed by atoms with Gasteiger partial charge in [0, 0.05) is 12.1 Å². The van der Waals surface area contributed by atoms with Gasteiger partial charge in [-0.1, -0.05) is 13.3 Å². The normalized spacial score (nSPS) is 37.0. The van der Waals surface area contributed by atoms with Gasteiger partial charge in [0.15, 0.2) is 0 Å². The lowest BCUT2D eigenvalue weighted by Gasteiger charge is -2.38. The molecule has 2 heterocycles. The summed E-state index contributed by atoms with van der Waals surface area (Å²) in [5, 5.41) is 3.75. The Morgan fingerprint density at radius 1 is 1.33 bits per heavy atom. The molecule has 0 aromatic rings. The monoisotopic (exact) mass is 211 g/mol. The minimum absolute atomic E-state index is 0.449. The number of hydrogen-bond acceptors (Lipinski definition) is 2. The Kier molecular flexibility index (Phi) is 4.04. The largest absolute Gasteiger partial charge is 0.378 e. The predicted octanol–water partition coefficient (Wildman–Crippen LogP) is 2.87. The molecule has 0 aromatic heterocycles. The Balaban J connectivity index is 1.78. The molecular weight excluding hydrogens is 186 g/mol. The molecule has 2 unspecified atom stereocenters. The lowest BCUT2D eigenvalue weighted by molar-refractivity contribution is 0.0882. The lowest BCUT2D eigenvalue weighted by Crippen LogP contribution is -2.48. The first kappa shape index (κ1) is 11.4. The van der Waals surface area contributed by atoms with Crippen LogP contribution in [0.4, 0.5) is 0 Å². The van der Waals surface area contributed by atoms with Gasteiger partial charge in [-0.3, -0.25) is 0 Å². The average molecular weight is 211 g/mol. The highest BCUT2D eigenvalue weighted by molar-refractivity contribution is 4.90. The van der Waals surface area contributed by atoms with Crippen molar-refractivity contribution < 1.29 is 4.74 Å². The molecule has 0 amide bonds. The third kappa shape index (κ3) is 2.94. The van der Waals surface area contributed by atoms with Crippen LogP contribution >= 0.6 is 0 Å². The summed E-state index contributed by atoms with van der Waals surface area (Å²) in [5.74, 6) is 0. The fourth-order valence-electron chi connectivity index (χ4n) is 3.03. The Morgan fingerprint density at radius 2 is 2.27 bits per heavy atom. The summed E-state index contributed by atoms with van der Waals surface area (Å²) in [5.41, 5.74) is 0.449. The minimum Gasteiger partial charge on any atom is -0.378 e. The van der Waals surface area contributed by atoms with E-state index in [1.807, 2.05) is 0 Å². The molecule has 0 saturated carbocycles. The van der Waals surface area contributed by atoms with Gasteiger partial charge in [-0.15, -0.1) is 0 Å². The Labute approximate surface area is 93.8 Å². The van der Waals surface area contributed by atoms with Crippen LogP contribution in [-0.4, -0.2) is 24.8 Å². The van der Waals surface area contributed by atoms with Crippen LogP contribution in [0.25, 0.3) is 0 Å². The number of hydrogen-bond donors (Lipinski definition) is 1. The van der Waals surface area contributed by atoms with E-state index in [-0.39, 0.29) is 0 Å². The highest BCUT2D eigenvalue weighted by atomic mass is 16.5.